The number of carboxylic acid groups (broad SMARTS) is 1. The van der Waals surface area contributed by atoms with Gasteiger partial charge in [0.1, 0.15) is 0 Å². The van der Waals surface area contributed by atoms with Crippen LogP contribution in [-0.2, 0) is 11.2 Å². The summed E-state index contributed by atoms with van der Waals surface area (Å²) in [7, 11) is 0. The van der Waals surface area contributed by atoms with Crippen LogP contribution in [0.15, 0.2) is 30.3 Å². The van der Waals surface area contributed by atoms with Crippen LogP contribution >= 0.6 is 0 Å². The van der Waals surface area contributed by atoms with Gasteiger partial charge >= 0.3 is 5.97 Å². The van der Waals surface area contributed by atoms with Gasteiger partial charge in [0.2, 0.25) is 0 Å². The summed E-state index contributed by atoms with van der Waals surface area (Å²) in [6, 6.07) is 8.05. The highest BCUT2D eigenvalue weighted by atomic mass is 16.4. The molecule has 2 rings (SSSR count). The Morgan fingerprint density at radius 1 is 1.28 bits per heavy atom. The van der Waals surface area contributed by atoms with Crippen molar-refractivity contribution in [2.24, 2.45) is 0 Å². The monoisotopic (exact) mass is 246 g/mol. The van der Waals surface area contributed by atoms with Crippen molar-refractivity contribution in [1.82, 2.24) is 0 Å². The second-order valence-corrected chi connectivity index (χ2v) is 4.77. The Morgan fingerprint density at radius 2 is 2.00 bits per heavy atom. The lowest BCUT2D eigenvalue weighted by atomic mass is 10.0. The molecule has 18 heavy (non-hydrogen) atoms. The predicted molar refractivity (Wildman–Crippen MR) is 70.2 cm³/mol. The molecule has 1 aliphatic rings. The lowest BCUT2D eigenvalue weighted by Gasteiger charge is -2.09. The fourth-order valence-electron chi connectivity index (χ4n) is 2.33. The minimum atomic E-state index is -0.963. The number of hydrogen-bond donors (Lipinski definition) is 2. The van der Waals surface area contributed by atoms with E-state index in [-0.39, 0.29) is 6.42 Å². The number of aliphatic hydroxyl groups is 1. The fraction of sp³-hybridized carbons (Fsp3) is 0.400. The van der Waals surface area contributed by atoms with Gasteiger partial charge in [-0.2, -0.15) is 0 Å². The molecule has 0 aliphatic heterocycles. The largest absolute Gasteiger partial charge is 0.481 e. The summed E-state index contributed by atoms with van der Waals surface area (Å²) >= 11 is 0. The topological polar surface area (TPSA) is 57.5 Å². The highest BCUT2D eigenvalue weighted by Crippen LogP contribution is 2.27. The molecular weight excluding hydrogens is 228 g/mol. The van der Waals surface area contributed by atoms with E-state index in [1.807, 2.05) is 12.1 Å². The Morgan fingerprint density at radius 3 is 2.56 bits per heavy atom. The van der Waals surface area contributed by atoms with Crippen LogP contribution in [0.25, 0.3) is 5.57 Å². The lowest BCUT2D eigenvalue weighted by molar-refractivity contribution is -0.139. The van der Waals surface area contributed by atoms with Crippen molar-refractivity contribution in [1.29, 1.82) is 0 Å². The molecule has 0 amide bonds. The number of aliphatic hydroxyl groups excluding tert-OH is 1. The summed E-state index contributed by atoms with van der Waals surface area (Å²) in [6.45, 7) is 0. The molecular formula is C15H18O3. The van der Waals surface area contributed by atoms with Crippen molar-refractivity contribution < 1.29 is 15.0 Å². The molecule has 0 saturated heterocycles. The number of carbonyl (C=O) groups is 1. The highest BCUT2D eigenvalue weighted by Gasteiger charge is 2.11. The molecule has 1 aromatic rings. The van der Waals surface area contributed by atoms with Crippen LogP contribution in [0, 0.1) is 0 Å². The van der Waals surface area contributed by atoms with Gasteiger partial charge in [-0.15, -0.1) is 0 Å². The number of allylic oxidation sites excluding steroid dienone is 2. The molecule has 1 atom stereocenters. The number of carboxylic acids is 1. The van der Waals surface area contributed by atoms with Crippen LogP contribution in [0.3, 0.4) is 0 Å². The van der Waals surface area contributed by atoms with Crippen molar-refractivity contribution in [3.63, 3.8) is 0 Å². The first-order valence-corrected chi connectivity index (χ1v) is 6.33. The van der Waals surface area contributed by atoms with E-state index in [9.17, 15) is 9.90 Å². The quantitative estimate of drug-likeness (QED) is 0.839. The molecule has 1 aliphatic carbocycles. The zero-order chi connectivity index (χ0) is 13.0. The van der Waals surface area contributed by atoms with E-state index in [0.29, 0.717) is 6.42 Å². The van der Waals surface area contributed by atoms with E-state index >= 15 is 0 Å². The second kappa shape index (κ2) is 5.83. The molecule has 3 heteroatoms. The molecule has 0 spiro atoms. The number of benzene rings is 1. The van der Waals surface area contributed by atoms with E-state index in [1.165, 1.54) is 17.6 Å². The number of rotatable bonds is 5. The normalized spacial score (nSPS) is 16.4. The van der Waals surface area contributed by atoms with E-state index in [4.69, 9.17) is 5.11 Å². The van der Waals surface area contributed by atoms with Crippen molar-refractivity contribution in [3.05, 3.63) is 41.5 Å². The van der Waals surface area contributed by atoms with Crippen LogP contribution in [0.1, 0.15) is 36.8 Å². The molecule has 0 bridgehead atoms. The maximum Gasteiger partial charge on any atom is 0.305 e. The van der Waals surface area contributed by atoms with Crippen LogP contribution in [0.2, 0.25) is 0 Å². The van der Waals surface area contributed by atoms with E-state index < -0.39 is 12.1 Å². The second-order valence-electron chi connectivity index (χ2n) is 4.77. The minimum absolute atomic E-state index is 0.201. The van der Waals surface area contributed by atoms with Crippen LogP contribution < -0.4 is 0 Å². The van der Waals surface area contributed by atoms with Gasteiger partial charge in [-0.25, -0.2) is 0 Å². The third-order valence-corrected chi connectivity index (χ3v) is 3.25. The third kappa shape index (κ3) is 3.44. The zero-order valence-corrected chi connectivity index (χ0v) is 10.3. The van der Waals surface area contributed by atoms with Gasteiger partial charge in [-0.05, 0) is 42.4 Å². The predicted octanol–water partition coefficient (Wildman–Crippen LogP) is 2.63. The molecule has 1 aromatic carbocycles. The van der Waals surface area contributed by atoms with Crippen molar-refractivity contribution >= 4 is 11.5 Å². The molecule has 0 heterocycles. The van der Waals surface area contributed by atoms with Crippen LogP contribution in [0.5, 0.6) is 0 Å². The Balaban J connectivity index is 1.97. The highest BCUT2D eigenvalue weighted by molar-refractivity contribution is 5.68. The van der Waals surface area contributed by atoms with E-state index in [1.54, 1.807) is 0 Å². The Labute approximate surface area is 107 Å². The summed E-state index contributed by atoms with van der Waals surface area (Å²) in [4.78, 5) is 10.5. The first-order chi connectivity index (χ1) is 8.65. The molecule has 0 fully saturated rings. The SMILES string of the molecule is O=C(O)C[C@@H](O)Cc1ccc(C2=CCCC2)cc1. The molecule has 0 aromatic heterocycles. The number of hydrogen-bond acceptors (Lipinski definition) is 2. The van der Waals surface area contributed by atoms with Gasteiger partial charge in [-0.3, -0.25) is 4.79 Å². The molecule has 0 saturated carbocycles. The maximum absolute atomic E-state index is 10.5. The zero-order valence-electron chi connectivity index (χ0n) is 10.3. The Hall–Kier alpha value is -1.61. The third-order valence-electron chi connectivity index (χ3n) is 3.25. The molecule has 3 nitrogen and oxygen atoms in total. The van der Waals surface area contributed by atoms with Gasteiger partial charge in [0, 0.05) is 0 Å². The Kier molecular flexibility index (Phi) is 4.15. The minimum Gasteiger partial charge on any atom is -0.481 e. The maximum atomic E-state index is 10.5. The standard InChI is InChI=1S/C15H18O3/c16-14(10-15(17)18)9-11-5-7-13(8-6-11)12-3-1-2-4-12/h3,5-8,14,16H,1-2,4,9-10H2,(H,17,18)/t14-/m0/s1. The summed E-state index contributed by atoms with van der Waals surface area (Å²) < 4.78 is 0. The van der Waals surface area contributed by atoms with Crippen molar-refractivity contribution in [2.75, 3.05) is 0 Å². The molecule has 96 valence electrons. The van der Waals surface area contributed by atoms with Crippen LogP contribution in [0.4, 0.5) is 0 Å². The first-order valence-electron chi connectivity index (χ1n) is 6.33. The van der Waals surface area contributed by atoms with E-state index in [0.717, 1.165) is 18.4 Å². The van der Waals surface area contributed by atoms with Crippen molar-refractivity contribution in [2.45, 2.75) is 38.2 Å². The fourth-order valence-corrected chi connectivity index (χ4v) is 2.33. The average molecular weight is 246 g/mol. The van der Waals surface area contributed by atoms with Gasteiger partial charge in [-0.1, -0.05) is 30.3 Å². The number of aliphatic carboxylic acids is 1. The summed E-state index contributed by atoms with van der Waals surface area (Å²) in [5, 5.41) is 18.1. The van der Waals surface area contributed by atoms with Gasteiger partial charge in [0.15, 0.2) is 0 Å². The van der Waals surface area contributed by atoms with Gasteiger partial charge in [0.25, 0.3) is 0 Å². The summed E-state index contributed by atoms with van der Waals surface area (Å²) in [6.07, 6.45) is 5.19. The first kappa shape index (κ1) is 12.8. The summed E-state index contributed by atoms with van der Waals surface area (Å²) in [5.74, 6) is -0.963. The van der Waals surface area contributed by atoms with Crippen molar-refractivity contribution in [3.8, 4) is 0 Å². The molecule has 0 radical (unpaired) electrons. The van der Waals surface area contributed by atoms with Crippen LogP contribution in [-0.4, -0.2) is 22.3 Å². The Bertz CT molecular complexity index is 445. The van der Waals surface area contributed by atoms with E-state index in [2.05, 4.69) is 18.2 Å². The summed E-state index contributed by atoms with van der Waals surface area (Å²) in [5.41, 5.74) is 3.61. The molecule has 2 N–H and O–H groups in total. The molecule has 0 unspecified atom stereocenters. The average Bonchev–Trinajstić information content (AvgIpc) is 2.82. The lowest BCUT2D eigenvalue weighted by Crippen LogP contribution is -2.15. The smallest absolute Gasteiger partial charge is 0.305 e. The van der Waals surface area contributed by atoms with Gasteiger partial charge in [0.05, 0.1) is 12.5 Å². The van der Waals surface area contributed by atoms with Gasteiger partial charge < -0.3 is 10.2 Å².